The van der Waals surface area contributed by atoms with E-state index in [4.69, 9.17) is 0 Å². The van der Waals surface area contributed by atoms with Crippen LogP contribution in [0, 0.1) is 25.2 Å². The number of amides is 1. The quantitative estimate of drug-likeness (QED) is 0.773. The van der Waals surface area contributed by atoms with Crippen LogP contribution in [0.3, 0.4) is 0 Å². The zero-order chi connectivity index (χ0) is 18.6. The minimum atomic E-state index is 0.0137. The highest BCUT2D eigenvalue weighted by Crippen LogP contribution is 2.17. The maximum absolute atomic E-state index is 11.9. The summed E-state index contributed by atoms with van der Waals surface area (Å²) in [5.74, 6) is 0.0137. The van der Waals surface area contributed by atoms with Gasteiger partial charge in [-0.25, -0.2) is 9.50 Å². The number of rotatable bonds is 7. The van der Waals surface area contributed by atoms with E-state index in [-0.39, 0.29) is 5.91 Å². The van der Waals surface area contributed by atoms with E-state index in [0.29, 0.717) is 36.8 Å². The summed E-state index contributed by atoms with van der Waals surface area (Å²) < 4.78 is 1.72. The van der Waals surface area contributed by atoms with E-state index in [1.165, 1.54) is 0 Å². The lowest BCUT2D eigenvalue weighted by Crippen LogP contribution is -2.38. The number of nitrogens with zero attached hydrogens (tertiary/aromatic N) is 5. The molecular weight excluding hydrogens is 316 g/mol. The predicted octanol–water partition coefficient (Wildman–Crippen LogP) is 1.61. The standard InChI is InChI=1S/C18H26N6O/c1-12(2)23(5)11-17(25)20-8-6-7-16-15(10-19)18-21-13(3)9-14(4)24(18)22-16/h9,12H,6-8,11H2,1-5H3,(H,20,25). The number of aromatic nitrogens is 3. The van der Waals surface area contributed by atoms with Gasteiger partial charge in [-0.15, -0.1) is 0 Å². The third kappa shape index (κ3) is 4.54. The molecule has 0 fully saturated rings. The van der Waals surface area contributed by atoms with Crippen LogP contribution in [0.15, 0.2) is 6.07 Å². The van der Waals surface area contributed by atoms with Crippen LogP contribution < -0.4 is 5.32 Å². The molecule has 0 spiro atoms. The molecule has 2 rings (SSSR count). The molecule has 2 aromatic heterocycles. The van der Waals surface area contributed by atoms with E-state index in [1.54, 1.807) is 4.52 Å². The van der Waals surface area contributed by atoms with Crippen molar-refractivity contribution in [3.63, 3.8) is 0 Å². The lowest BCUT2D eigenvalue weighted by Gasteiger charge is -2.20. The maximum Gasteiger partial charge on any atom is 0.234 e. The van der Waals surface area contributed by atoms with Crippen molar-refractivity contribution < 1.29 is 4.79 Å². The van der Waals surface area contributed by atoms with Crippen molar-refractivity contribution in [1.29, 1.82) is 5.26 Å². The molecule has 2 heterocycles. The molecule has 0 bridgehead atoms. The Balaban J connectivity index is 1.97. The largest absolute Gasteiger partial charge is 0.355 e. The van der Waals surface area contributed by atoms with Gasteiger partial charge in [0, 0.05) is 24.0 Å². The SMILES string of the molecule is Cc1cc(C)n2nc(CCCNC(=O)CN(C)C(C)C)c(C#N)c2n1. The van der Waals surface area contributed by atoms with Gasteiger partial charge < -0.3 is 5.32 Å². The van der Waals surface area contributed by atoms with Gasteiger partial charge in [-0.2, -0.15) is 10.4 Å². The first kappa shape index (κ1) is 18.9. The van der Waals surface area contributed by atoms with Crippen molar-refractivity contribution >= 4 is 11.6 Å². The van der Waals surface area contributed by atoms with Crippen molar-refractivity contribution in [2.45, 2.75) is 46.6 Å². The zero-order valence-corrected chi connectivity index (χ0v) is 15.6. The molecule has 1 amide bonds. The molecule has 0 aliphatic rings. The van der Waals surface area contributed by atoms with E-state index >= 15 is 0 Å². The Labute approximate surface area is 148 Å². The minimum absolute atomic E-state index is 0.0137. The number of carbonyl (C=O) groups is 1. The molecule has 0 saturated carbocycles. The molecule has 0 saturated heterocycles. The first-order valence-corrected chi connectivity index (χ1v) is 8.56. The highest BCUT2D eigenvalue weighted by atomic mass is 16.2. The Kier molecular flexibility index (Phi) is 6.10. The topological polar surface area (TPSA) is 86.3 Å². The monoisotopic (exact) mass is 342 g/mol. The number of likely N-dealkylation sites (N-methyl/N-ethyl adjacent to an activating group) is 1. The molecule has 0 aliphatic heterocycles. The third-order valence-corrected chi connectivity index (χ3v) is 4.27. The fourth-order valence-electron chi connectivity index (χ4n) is 2.60. The number of nitriles is 1. The van der Waals surface area contributed by atoms with E-state index in [1.807, 2.05) is 31.9 Å². The van der Waals surface area contributed by atoms with Crippen molar-refractivity contribution in [3.05, 3.63) is 28.7 Å². The first-order valence-electron chi connectivity index (χ1n) is 8.56. The zero-order valence-electron chi connectivity index (χ0n) is 15.6. The van der Waals surface area contributed by atoms with Crippen molar-refractivity contribution in [2.75, 3.05) is 20.1 Å². The highest BCUT2D eigenvalue weighted by molar-refractivity contribution is 5.77. The van der Waals surface area contributed by atoms with Crippen LogP contribution in [0.2, 0.25) is 0 Å². The summed E-state index contributed by atoms with van der Waals surface area (Å²) in [6.07, 6.45) is 1.36. The summed E-state index contributed by atoms with van der Waals surface area (Å²) in [5, 5.41) is 16.9. The Bertz CT molecular complexity index is 802. The minimum Gasteiger partial charge on any atom is -0.355 e. The number of hydrogen-bond acceptors (Lipinski definition) is 5. The smallest absolute Gasteiger partial charge is 0.234 e. The van der Waals surface area contributed by atoms with Crippen LogP contribution in [0.5, 0.6) is 0 Å². The van der Waals surface area contributed by atoms with Crippen LogP contribution >= 0.6 is 0 Å². The number of nitrogens with one attached hydrogen (secondary N) is 1. The van der Waals surface area contributed by atoms with Gasteiger partial charge in [-0.1, -0.05) is 0 Å². The number of hydrogen-bond donors (Lipinski definition) is 1. The molecule has 0 atom stereocenters. The first-order chi connectivity index (χ1) is 11.8. The summed E-state index contributed by atoms with van der Waals surface area (Å²) in [4.78, 5) is 18.3. The van der Waals surface area contributed by atoms with Gasteiger partial charge in [-0.3, -0.25) is 9.69 Å². The Morgan fingerprint density at radius 1 is 1.44 bits per heavy atom. The van der Waals surface area contributed by atoms with E-state index in [9.17, 15) is 10.1 Å². The number of aryl methyl sites for hydroxylation is 3. The van der Waals surface area contributed by atoms with Crippen molar-refractivity contribution in [3.8, 4) is 6.07 Å². The molecule has 2 aromatic rings. The van der Waals surface area contributed by atoms with Gasteiger partial charge >= 0.3 is 0 Å². The molecule has 7 nitrogen and oxygen atoms in total. The van der Waals surface area contributed by atoms with Gasteiger partial charge in [0.2, 0.25) is 5.91 Å². The predicted molar refractivity (Wildman–Crippen MR) is 96.3 cm³/mol. The molecule has 1 N–H and O–H groups in total. The van der Waals surface area contributed by atoms with Crippen molar-refractivity contribution in [1.82, 2.24) is 24.8 Å². The summed E-state index contributed by atoms with van der Waals surface area (Å²) >= 11 is 0. The number of fused-ring (bicyclic) bond motifs is 1. The molecule has 0 radical (unpaired) electrons. The summed E-state index contributed by atoms with van der Waals surface area (Å²) in [6, 6.07) is 4.50. The lowest BCUT2D eigenvalue weighted by molar-refractivity contribution is -0.122. The highest BCUT2D eigenvalue weighted by Gasteiger charge is 2.15. The fourth-order valence-corrected chi connectivity index (χ4v) is 2.60. The average Bonchev–Trinajstić information content (AvgIpc) is 2.89. The van der Waals surface area contributed by atoms with Crippen LogP contribution in [-0.4, -0.2) is 51.6 Å². The lowest BCUT2D eigenvalue weighted by atomic mass is 10.1. The second kappa shape index (κ2) is 8.08. The molecular formula is C18H26N6O. The van der Waals surface area contributed by atoms with Crippen LogP contribution in [0.4, 0.5) is 0 Å². The van der Waals surface area contributed by atoms with Gasteiger partial charge in [0.25, 0.3) is 0 Å². The molecule has 0 aliphatic carbocycles. The van der Waals surface area contributed by atoms with E-state index < -0.39 is 0 Å². The normalized spacial score (nSPS) is 11.3. The van der Waals surface area contributed by atoms with Gasteiger partial charge in [0.05, 0.1) is 12.2 Å². The van der Waals surface area contributed by atoms with Crippen LogP contribution in [0.25, 0.3) is 5.65 Å². The maximum atomic E-state index is 11.9. The second-order valence-corrected chi connectivity index (χ2v) is 6.67. The second-order valence-electron chi connectivity index (χ2n) is 6.67. The third-order valence-electron chi connectivity index (χ3n) is 4.27. The van der Waals surface area contributed by atoms with E-state index in [2.05, 4.69) is 35.3 Å². The van der Waals surface area contributed by atoms with Crippen molar-refractivity contribution in [2.24, 2.45) is 0 Å². The summed E-state index contributed by atoms with van der Waals surface area (Å²) in [6.45, 7) is 8.91. The van der Waals surface area contributed by atoms with Gasteiger partial charge in [0.1, 0.15) is 11.6 Å². The van der Waals surface area contributed by atoms with Gasteiger partial charge in [0.15, 0.2) is 5.65 Å². The Morgan fingerprint density at radius 3 is 2.80 bits per heavy atom. The van der Waals surface area contributed by atoms with E-state index in [0.717, 1.165) is 23.5 Å². The molecule has 25 heavy (non-hydrogen) atoms. The summed E-state index contributed by atoms with van der Waals surface area (Å²) in [5.41, 5.74) is 3.69. The van der Waals surface area contributed by atoms with Crippen LogP contribution in [0.1, 0.15) is 42.9 Å². The molecule has 0 unspecified atom stereocenters. The van der Waals surface area contributed by atoms with Crippen LogP contribution in [-0.2, 0) is 11.2 Å². The molecule has 134 valence electrons. The summed E-state index contributed by atoms with van der Waals surface area (Å²) in [7, 11) is 1.93. The fraction of sp³-hybridized carbons (Fsp3) is 0.556. The van der Waals surface area contributed by atoms with Gasteiger partial charge in [-0.05, 0) is 53.7 Å². The molecule has 7 heteroatoms. The number of carbonyl (C=O) groups excluding carboxylic acids is 1. The Hall–Kier alpha value is -2.46. The Morgan fingerprint density at radius 2 is 2.16 bits per heavy atom. The molecule has 0 aromatic carbocycles. The average molecular weight is 342 g/mol.